The van der Waals surface area contributed by atoms with Gasteiger partial charge in [-0.05, 0) is 55.0 Å². The van der Waals surface area contributed by atoms with Crippen molar-refractivity contribution in [2.75, 3.05) is 40.1 Å². The Morgan fingerprint density at radius 2 is 1.77 bits per heavy atom. The largest absolute Gasteiger partial charge is 0.496 e. The van der Waals surface area contributed by atoms with Crippen LogP contribution in [0.5, 0.6) is 17.2 Å². The summed E-state index contributed by atoms with van der Waals surface area (Å²) in [6.07, 6.45) is 5.24. The standard InChI is InChI=1S/C31H42N2O6/c1-4-6-16-32(17-7-5-2)29(34)20-33-19-24(23-13-15-27-28(18-23)39-21-38-27)30(31(35)36)25(33)14-12-22-10-8-9-11-26(22)37-3/h8-11,13,15,18,24-25,30H,4-7,12,14,16-17,19-21H2,1-3H3,(H,35,36)/t24-,25-,30+/m1/s1. The predicted molar refractivity (Wildman–Crippen MR) is 150 cm³/mol. The van der Waals surface area contributed by atoms with Gasteiger partial charge in [-0.2, -0.15) is 0 Å². The van der Waals surface area contributed by atoms with Crippen LogP contribution in [-0.4, -0.2) is 72.9 Å². The van der Waals surface area contributed by atoms with Gasteiger partial charge in [0, 0.05) is 31.6 Å². The van der Waals surface area contributed by atoms with Gasteiger partial charge in [0.1, 0.15) is 5.75 Å². The van der Waals surface area contributed by atoms with Crippen molar-refractivity contribution in [2.24, 2.45) is 5.92 Å². The molecular formula is C31H42N2O6. The van der Waals surface area contributed by atoms with Crippen molar-refractivity contribution >= 4 is 11.9 Å². The number of unbranched alkanes of at least 4 members (excludes halogenated alkanes) is 2. The number of fused-ring (bicyclic) bond motifs is 1. The lowest BCUT2D eigenvalue weighted by Gasteiger charge is -2.30. The Morgan fingerprint density at radius 1 is 1.05 bits per heavy atom. The molecule has 2 aliphatic heterocycles. The van der Waals surface area contributed by atoms with Crippen LogP contribution >= 0.6 is 0 Å². The van der Waals surface area contributed by atoms with Crippen LogP contribution in [0.15, 0.2) is 42.5 Å². The summed E-state index contributed by atoms with van der Waals surface area (Å²) in [5.41, 5.74) is 1.94. The number of methoxy groups -OCH3 is 1. The molecule has 1 amide bonds. The number of aliphatic carboxylic acids is 1. The van der Waals surface area contributed by atoms with Gasteiger partial charge in [-0.3, -0.25) is 14.5 Å². The number of likely N-dealkylation sites (tertiary alicyclic amines) is 1. The van der Waals surface area contributed by atoms with E-state index in [1.54, 1.807) is 7.11 Å². The molecule has 212 valence electrons. The molecular weight excluding hydrogens is 496 g/mol. The van der Waals surface area contributed by atoms with E-state index in [1.165, 1.54) is 0 Å². The van der Waals surface area contributed by atoms with Gasteiger partial charge in [-0.25, -0.2) is 0 Å². The summed E-state index contributed by atoms with van der Waals surface area (Å²) in [5.74, 6) is 0.413. The van der Waals surface area contributed by atoms with Gasteiger partial charge in [-0.15, -0.1) is 0 Å². The number of amides is 1. The van der Waals surface area contributed by atoms with E-state index in [9.17, 15) is 14.7 Å². The fourth-order valence-corrected chi connectivity index (χ4v) is 5.88. The number of carbonyl (C=O) groups excluding carboxylic acids is 1. The van der Waals surface area contributed by atoms with E-state index >= 15 is 0 Å². The molecule has 2 heterocycles. The van der Waals surface area contributed by atoms with Gasteiger partial charge < -0.3 is 24.2 Å². The third kappa shape index (κ3) is 6.85. The summed E-state index contributed by atoms with van der Waals surface area (Å²) in [7, 11) is 1.65. The van der Waals surface area contributed by atoms with Crippen LogP contribution in [0.1, 0.15) is 63.0 Å². The normalized spacial score (nSPS) is 20.2. The van der Waals surface area contributed by atoms with Gasteiger partial charge in [-0.1, -0.05) is 51.0 Å². The second-order valence-corrected chi connectivity index (χ2v) is 10.5. The molecule has 1 fully saturated rings. The minimum atomic E-state index is -0.841. The van der Waals surface area contributed by atoms with E-state index in [0.29, 0.717) is 30.9 Å². The Hall–Kier alpha value is -3.26. The first-order valence-corrected chi connectivity index (χ1v) is 14.2. The number of hydrogen-bond acceptors (Lipinski definition) is 6. The molecule has 0 radical (unpaired) electrons. The zero-order chi connectivity index (χ0) is 27.8. The Kier molecular flexibility index (Phi) is 10.1. The smallest absolute Gasteiger partial charge is 0.308 e. The highest BCUT2D eigenvalue weighted by atomic mass is 16.7. The van der Waals surface area contributed by atoms with Crippen LogP contribution < -0.4 is 14.2 Å². The third-order valence-electron chi connectivity index (χ3n) is 8.01. The molecule has 1 saturated heterocycles. The van der Waals surface area contributed by atoms with E-state index in [1.807, 2.05) is 47.4 Å². The fourth-order valence-electron chi connectivity index (χ4n) is 5.88. The average Bonchev–Trinajstić information content (AvgIpc) is 3.56. The van der Waals surface area contributed by atoms with Gasteiger partial charge in [0.15, 0.2) is 11.5 Å². The lowest BCUT2D eigenvalue weighted by atomic mass is 9.83. The molecule has 2 aliphatic rings. The Labute approximate surface area is 231 Å². The van der Waals surface area contributed by atoms with E-state index < -0.39 is 11.9 Å². The highest BCUT2D eigenvalue weighted by Gasteiger charge is 2.47. The summed E-state index contributed by atoms with van der Waals surface area (Å²) >= 11 is 0. The second-order valence-electron chi connectivity index (χ2n) is 10.5. The summed E-state index contributed by atoms with van der Waals surface area (Å²) in [4.78, 5) is 30.5. The third-order valence-corrected chi connectivity index (χ3v) is 8.01. The fraction of sp³-hybridized carbons (Fsp3) is 0.548. The maximum atomic E-state index is 13.6. The van der Waals surface area contributed by atoms with Crippen LogP contribution in [0.25, 0.3) is 0 Å². The maximum Gasteiger partial charge on any atom is 0.308 e. The van der Waals surface area contributed by atoms with Crippen molar-refractivity contribution in [2.45, 2.75) is 64.3 Å². The zero-order valence-electron chi connectivity index (χ0n) is 23.4. The van der Waals surface area contributed by atoms with Crippen LogP contribution in [0, 0.1) is 5.92 Å². The number of hydrogen-bond donors (Lipinski definition) is 1. The number of aryl methyl sites for hydroxylation is 1. The van der Waals surface area contributed by atoms with Gasteiger partial charge in [0.05, 0.1) is 19.6 Å². The number of benzene rings is 2. The van der Waals surface area contributed by atoms with Gasteiger partial charge in [0.2, 0.25) is 12.7 Å². The number of carbonyl (C=O) groups is 2. The molecule has 0 spiro atoms. The first kappa shape index (κ1) is 28.7. The highest BCUT2D eigenvalue weighted by molar-refractivity contribution is 5.79. The summed E-state index contributed by atoms with van der Waals surface area (Å²) in [6, 6.07) is 13.2. The molecule has 2 aromatic carbocycles. The number of rotatable bonds is 14. The topological polar surface area (TPSA) is 88.5 Å². The predicted octanol–water partition coefficient (Wildman–Crippen LogP) is 4.95. The zero-order valence-corrected chi connectivity index (χ0v) is 23.4. The summed E-state index contributed by atoms with van der Waals surface area (Å²) < 4.78 is 16.6. The molecule has 8 nitrogen and oxygen atoms in total. The van der Waals surface area contributed by atoms with E-state index in [4.69, 9.17) is 14.2 Å². The molecule has 0 saturated carbocycles. The van der Waals surface area contributed by atoms with Crippen molar-refractivity contribution in [1.29, 1.82) is 0 Å². The van der Waals surface area contributed by atoms with Gasteiger partial charge in [0.25, 0.3) is 0 Å². The molecule has 2 aromatic rings. The molecule has 0 aromatic heterocycles. The van der Waals surface area contributed by atoms with Crippen molar-refractivity contribution in [3.8, 4) is 17.2 Å². The highest BCUT2D eigenvalue weighted by Crippen LogP contribution is 2.43. The maximum absolute atomic E-state index is 13.6. The molecule has 1 N–H and O–H groups in total. The summed E-state index contributed by atoms with van der Waals surface area (Å²) in [6.45, 7) is 6.61. The Balaban J connectivity index is 1.61. The molecule has 39 heavy (non-hydrogen) atoms. The summed E-state index contributed by atoms with van der Waals surface area (Å²) in [5, 5.41) is 10.5. The van der Waals surface area contributed by atoms with E-state index in [2.05, 4.69) is 18.7 Å². The SMILES string of the molecule is CCCCN(CCCC)C(=O)CN1C[C@H](c2ccc3c(c2)OCO3)[C@H](C(=O)O)[C@H]1CCc1ccccc1OC. The molecule has 0 bridgehead atoms. The monoisotopic (exact) mass is 538 g/mol. The number of carboxylic acids is 1. The number of carboxylic acid groups (broad SMARTS) is 1. The van der Waals surface area contributed by atoms with Crippen LogP contribution in [0.4, 0.5) is 0 Å². The number of nitrogens with zero attached hydrogens (tertiary/aromatic N) is 2. The lowest BCUT2D eigenvalue weighted by Crippen LogP contribution is -2.44. The van der Waals surface area contributed by atoms with Crippen molar-refractivity contribution in [3.63, 3.8) is 0 Å². The average molecular weight is 539 g/mol. The minimum absolute atomic E-state index is 0.0784. The lowest BCUT2D eigenvalue weighted by molar-refractivity contribution is -0.143. The Bertz CT molecular complexity index is 1110. The molecule has 4 rings (SSSR count). The molecule has 0 unspecified atom stereocenters. The van der Waals surface area contributed by atoms with Gasteiger partial charge >= 0.3 is 5.97 Å². The van der Waals surface area contributed by atoms with E-state index in [0.717, 1.165) is 55.6 Å². The van der Waals surface area contributed by atoms with Crippen LogP contribution in [0.3, 0.4) is 0 Å². The first-order chi connectivity index (χ1) is 19.0. The first-order valence-electron chi connectivity index (χ1n) is 14.2. The van der Waals surface area contributed by atoms with Crippen molar-refractivity contribution < 1.29 is 28.9 Å². The molecule has 3 atom stereocenters. The van der Waals surface area contributed by atoms with Crippen molar-refractivity contribution in [3.05, 3.63) is 53.6 Å². The quantitative estimate of drug-likeness (QED) is 0.364. The van der Waals surface area contributed by atoms with Crippen LogP contribution in [0.2, 0.25) is 0 Å². The second kappa shape index (κ2) is 13.7. The Morgan fingerprint density at radius 3 is 2.46 bits per heavy atom. The van der Waals surface area contributed by atoms with Crippen molar-refractivity contribution in [1.82, 2.24) is 9.80 Å². The molecule has 8 heteroatoms. The van der Waals surface area contributed by atoms with Crippen LogP contribution in [-0.2, 0) is 16.0 Å². The minimum Gasteiger partial charge on any atom is -0.496 e. The number of para-hydroxylation sites is 1. The molecule has 0 aliphatic carbocycles. The van der Waals surface area contributed by atoms with E-state index in [-0.39, 0.29) is 31.2 Å². The number of ether oxygens (including phenoxy) is 3.